The minimum atomic E-state index is -0.502. The fraction of sp³-hybridized carbons (Fsp3) is 0.583. The van der Waals surface area contributed by atoms with Gasteiger partial charge >= 0.3 is 6.09 Å². The van der Waals surface area contributed by atoms with Crippen LogP contribution in [0.3, 0.4) is 0 Å². The highest BCUT2D eigenvalue weighted by atomic mass is 32.1. The molecule has 4 N–H and O–H groups in total. The molecule has 10 nitrogen and oxygen atoms in total. The molecule has 2 aliphatic heterocycles. The number of hydrogen-bond donors (Lipinski definition) is 4. The molecular formula is C24H33N7O3S. The summed E-state index contributed by atoms with van der Waals surface area (Å²) >= 11 is 1.63. The zero-order chi connectivity index (χ0) is 24.7. The van der Waals surface area contributed by atoms with Crippen molar-refractivity contribution in [2.75, 3.05) is 10.6 Å². The number of carbonyl (C=O) groups excluding carboxylic acids is 1. The molecule has 11 heteroatoms. The lowest BCUT2D eigenvalue weighted by Gasteiger charge is -2.48. The van der Waals surface area contributed by atoms with Crippen molar-refractivity contribution in [1.29, 1.82) is 0 Å². The number of ether oxygens (including phenoxy) is 1. The van der Waals surface area contributed by atoms with Crippen molar-refractivity contribution in [2.24, 2.45) is 0 Å². The number of rotatable bonds is 5. The number of fused-ring (bicyclic) bond motifs is 3. The second-order valence-electron chi connectivity index (χ2n) is 10.5. The number of nitrogens with one attached hydrogen (secondary N) is 3. The number of aromatic nitrogens is 4. The summed E-state index contributed by atoms with van der Waals surface area (Å²) in [4.78, 5) is 25.6. The molecule has 1 amide bonds. The van der Waals surface area contributed by atoms with E-state index < -0.39 is 5.60 Å². The van der Waals surface area contributed by atoms with E-state index >= 15 is 0 Å². The molecule has 0 unspecified atom stereocenters. The number of aliphatic hydroxyl groups excluding tert-OH is 1. The number of nitrogens with zero attached hydrogens (tertiary/aromatic N) is 4. The van der Waals surface area contributed by atoms with Gasteiger partial charge in [-0.15, -0.1) is 11.3 Å². The summed E-state index contributed by atoms with van der Waals surface area (Å²) in [7, 11) is 0. The van der Waals surface area contributed by atoms with Crippen LogP contribution in [0.4, 0.5) is 22.4 Å². The van der Waals surface area contributed by atoms with Crippen LogP contribution in [-0.2, 0) is 11.3 Å². The van der Waals surface area contributed by atoms with Gasteiger partial charge in [-0.2, -0.15) is 10.1 Å². The van der Waals surface area contributed by atoms with E-state index in [1.165, 1.54) is 0 Å². The quantitative estimate of drug-likeness (QED) is 0.398. The fourth-order valence-corrected chi connectivity index (χ4v) is 6.02. The Morgan fingerprint density at radius 2 is 2.00 bits per heavy atom. The largest absolute Gasteiger partial charge is 0.444 e. The lowest BCUT2D eigenvalue weighted by Crippen LogP contribution is -2.58. The Kier molecular flexibility index (Phi) is 6.30. The molecule has 5 rings (SSSR count). The Labute approximate surface area is 208 Å². The van der Waals surface area contributed by atoms with Crippen LogP contribution in [0.15, 0.2) is 12.1 Å². The molecule has 2 bridgehead atoms. The molecule has 3 atom stereocenters. The minimum Gasteiger partial charge on any atom is -0.444 e. The third-order valence-electron chi connectivity index (χ3n) is 6.45. The summed E-state index contributed by atoms with van der Waals surface area (Å²) in [5.41, 5.74) is 0.997. The van der Waals surface area contributed by atoms with E-state index in [1.54, 1.807) is 17.4 Å². The van der Waals surface area contributed by atoms with Gasteiger partial charge in [0.1, 0.15) is 5.60 Å². The summed E-state index contributed by atoms with van der Waals surface area (Å²) in [5.74, 6) is 1.83. The standard InChI is InChI=1S/C24H33N7O3S/c1-13-8-18-20(35-13)21(27-19-11-15(12-32)29-30-19)28-22(26-18)25-14-9-16-6-5-7-17(10-14)31(16)23(33)34-24(2,3)4/h8,11,14,16-17,32H,5-7,9-10,12H2,1-4H3,(H3,25,26,27,28,29,30)/t14-,16-,17+. The first kappa shape index (κ1) is 23.8. The number of aliphatic hydroxyl groups is 1. The Morgan fingerprint density at radius 3 is 2.66 bits per heavy atom. The second-order valence-corrected chi connectivity index (χ2v) is 11.7. The summed E-state index contributed by atoms with van der Waals surface area (Å²) < 4.78 is 6.67. The van der Waals surface area contributed by atoms with Crippen molar-refractivity contribution in [3.8, 4) is 0 Å². The van der Waals surface area contributed by atoms with Gasteiger partial charge in [-0.1, -0.05) is 0 Å². The first-order valence-corrected chi connectivity index (χ1v) is 13.0. The van der Waals surface area contributed by atoms with E-state index in [4.69, 9.17) is 14.7 Å². The Bertz CT molecular complexity index is 1200. The van der Waals surface area contributed by atoms with Gasteiger partial charge in [0.05, 0.1) is 22.5 Å². The maximum atomic E-state index is 12.9. The third kappa shape index (κ3) is 5.20. The van der Waals surface area contributed by atoms with E-state index in [9.17, 15) is 9.90 Å². The number of anilines is 3. The van der Waals surface area contributed by atoms with Crippen molar-refractivity contribution in [3.05, 3.63) is 22.7 Å². The van der Waals surface area contributed by atoms with Crippen LogP contribution in [0.25, 0.3) is 10.2 Å². The smallest absolute Gasteiger partial charge is 0.410 e. The van der Waals surface area contributed by atoms with Crippen molar-refractivity contribution >= 4 is 45.2 Å². The maximum absolute atomic E-state index is 12.9. The van der Waals surface area contributed by atoms with Crippen molar-refractivity contribution in [2.45, 2.75) is 90.1 Å². The SMILES string of the molecule is Cc1cc2nc(N[C@@H]3C[C@H]4CCC[C@@H](C3)N4C(=O)OC(C)(C)C)nc(Nc3cc(CO)[nH]n3)c2s1. The predicted molar refractivity (Wildman–Crippen MR) is 136 cm³/mol. The average molecular weight is 500 g/mol. The molecule has 0 spiro atoms. The van der Waals surface area contributed by atoms with E-state index in [1.807, 2.05) is 25.7 Å². The van der Waals surface area contributed by atoms with Crippen LogP contribution in [0.1, 0.15) is 63.4 Å². The van der Waals surface area contributed by atoms with Crippen LogP contribution in [0, 0.1) is 6.92 Å². The van der Waals surface area contributed by atoms with Gasteiger partial charge in [0.25, 0.3) is 0 Å². The third-order valence-corrected chi connectivity index (χ3v) is 7.50. The Morgan fingerprint density at radius 1 is 1.26 bits per heavy atom. The average Bonchev–Trinajstić information content (AvgIpc) is 3.37. The highest BCUT2D eigenvalue weighted by molar-refractivity contribution is 7.19. The fourth-order valence-electron chi connectivity index (χ4n) is 5.12. The van der Waals surface area contributed by atoms with Crippen LogP contribution < -0.4 is 10.6 Å². The maximum Gasteiger partial charge on any atom is 0.410 e. The van der Waals surface area contributed by atoms with Gasteiger partial charge in [-0.3, -0.25) is 5.10 Å². The molecule has 5 heterocycles. The number of thiophene rings is 1. The monoisotopic (exact) mass is 499 g/mol. The lowest BCUT2D eigenvalue weighted by molar-refractivity contribution is -0.0199. The summed E-state index contributed by atoms with van der Waals surface area (Å²) in [6.07, 6.45) is 4.56. The topological polar surface area (TPSA) is 128 Å². The molecule has 2 saturated heterocycles. The summed E-state index contributed by atoms with van der Waals surface area (Å²) in [6.45, 7) is 7.67. The Hall–Kier alpha value is -2.92. The van der Waals surface area contributed by atoms with E-state index in [0.717, 1.165) is 47.2 Å². The minimum absolute atomic E-state index is 0.108. The number of piperidine rings is 2. The number of aromatic amines is 1. The van der Waals surface area contributed by atoms with Gasteiger partial charge < -0.3 is 25.4 Å². The Balaban J connectivity index is 1.35. The van der Waals surface area contributed by atoms with E-state index in [-0.39, 0.29) is 30.8 Å². The normalized spacial score (nSPS) is 22.3. The highest BCUT2D eigenvalue weighted by Gasteiger charge is 2.42. The molecule has 3 aromatic rings. The van der Waals surface area contributed by atoms with Crippen LogP contribution in [0.5, 0.6) is 0 Å². The number of H-pyrrole nitrogens is 1. The first-order valence-electron chi connectivity index (χ1n) is 12.2. The number of amides is 1. The number of hydrogen-bond acceptors (Lipinski definition) is 9. The van der Waals surface area contributed by atoms with Crippen LogP contribution >= 0.6 is 11.3 Å². The number of carbonyl (C=O) groups is 1. The van der Waals surface area contributed by atoms with Gasteiger partial charge in [0.15, 0.2) is 11.6 Å². The molecule has 0 aromatic carbocycles. The molecule has 2 fully saturated rings. The number of aryl methyl sites for hydroxylation is 1. The van der Waals surface area contributed by atoms with Crippen molar-refractivity contribution in [1.82, 2.24) is 25.1 Å². The molecule has 0 aliphatic carbocycles. The summed E-state index contributed by atoms with van der Waals surface area (Å²) in [6, 6.07) is 4.29. The van der Waals surface area contributed by atoms with Crippen LogP contribution in [0.2, 0.25) is 0 Å². The van der Waals surface area contributed by atoms with E-state index in [0.29, 0.717) is 23.3 Å². The zero-order valence-corrected chi connectivity index (χ0v) is 21.4. The molecule has 3 aromatic heterocycles. The molecular weight excluding hydrogens is 466 g/mol. The van der Waals surface area contributed by atoms with Gasteiger partial charge in [-0.05, 0) is 65.9 Å². The van der Waals surface area contributed by atoms with E-state index in [2.05, 4.69) is 33.8 Å². The highest BCUT2D eigenvalue weighted by Crippen LogP contribution is 2.37. The molecule has 35 heavy (non-hydrogen) atoms. The molecule has 2 aliphatic rings. The van der Waals surface area contributed by atoms with Gasteiger partial charge in [-0.25, -0.2) is 9.78 Å². The van der Waals surface area contributed by atoms with Gasteiger partial charge in [0, 0.05) is 29.1 Å². The molecule has 188 valence electrons. The zero-order valence-electron chi connectivity index (χ0n) is 20.6. The van der Waals surface area contributed by atoms with Crippen LogP contribution in [-0.4, -0.2) is 60.0 Å². The molecule has 0 radical (unpaired) electrons. The first-order chi connectivity index (χ1) is 16.7. The lowest BCUT2D eigenvalue weighted by atomic mass is 9.82. The molecule has 0 saturated carbocycles. The van der Waals surface area contributed by atoms with Crippen molar-refractivity contribution < 1.29 is 14.6 Å². The second kappa shape index (κ2) is 9.27. The predicted octanol–water partition coefficient (Wildman–Crippen LogP) is 4.69. The summed E-state index contributed by atoms with van der Waals surface area (Å²) in [5, 5.41) is 23.2. The van der Waals surface area contributed by atoms with Gasteiger partial charge in [0.2, 0.25) is 5.95 Å². The van der Waals surface area contributed by atoms with Crippen molar-refractivity contribution in [3.63, 3.8) is 0 Å².